The van der Waals surface area contributed by atoms with Gasteiger partial charge in [0.05, 0.1) is 31.4 Å². The fourth-order valence-corrected chi connectivity index (χ4v) is 3.25. The van der Waals surface area contributed by atoms with E-state index in [0.29, 0.717) is 37.3 Å². The summed E-state index contributed by atoms with van der Waals surface area (Å²) in [5.74, 6) is 1.53. The molecule has 6 nitrogen and oxygen atoms in total. The molecule has 0 radical (unpaired) electrons. The summed E-state index contributed by atoms with van der Waals surface area (Å²) in [7, 11) is 0. The van der Waals surface area contributed by atoms with Crippen LogP contribution in [0.15, 0.2) is 23.3 Å². The molecular weight excluding hydrogens is 431 g/mol. The van der Waals surface area contributed by atoms with E-state index in [-0.39, 0.29) is 24.0 Å². The van der Waals surface area contributed by atoms with Crippen molar-refractivity contribution in [3.05, 3.63) is 23.9 Å². The summed E-state index contributed by atoms with van der Waals surface area (Å²) >= 11 is 0. The lowest BCUT2D eigenvalue weighted by Crippen LogP contribution is -2.47. The molecule has 0 amide bonds. The van der Waals surface area contributed by atoms with Gasteiger partial charge in [0.1, 0.15) is 0 Å². The van der Waals surface area contributed by atoms with Crippen molar-refractivity contribution >= 4 is 29.9 Å². The maximum Gasteiger partial charge on any atom is 0.213 e. The predicted molar refractivity (Wildman–Crippen MR) is 110 cm³/mol. The molecule has 1 aromatic rings. The Kier molecular flexibility index (Phi) is 8.21. The highest BCUT2D eigenvalue weighted by atomic mass is 127. The van der Waals surface area contributed by atoms with Crippen LogP contribution in [-0.4, -0.2) is 42.3 Å². The van der Waals surface area contributed by atoms with Crippen molar-refractivity contribution in [1.82, 2.24) is 15.6 Å². The van der Waals surface area contributed by atoms with Crippen LogP contribution in [0.25, 0.3) is 0 Å². The van der Waals surface area contributed by atoms with Crippen LogP contribution in [0.1, 0.15) is 45.1 Å². The summed E-state index contributed by atoms with van der Waals surface area (Å²) in [6, 6.07) is 4.31. The maximum absolute atomic E-state index is 5.90. The third-order valence-corrected chi connectivity index (χ3v) is 4.44. The Morgan fingerprint density at radius 1 is 1.36 bits per heavy atom. The molecule has 2 aliphatic heterocycles. The molecule has 25 heavy (non-hydrogen) atoms. The monoisotopic (exact) mass is 460 g/mol. The van der Waals surface area contributed by atoms with Gasteiger partial charge in [-0.1, -0.05) is 13.0 Å². The molecule has 2 saturated heterocycles. The second kappa shape index (κ2) is 10.2. The minimum Gasteiger partial charge on any atom is -0.478 e. The number of halogens is 1. The average Bonchev–Trinajstić information content (AvgIpc) is 3.22. The average molecular weight is 460 g/mol. The van der Waals surface area contributed by atoms with E-state index in [4.69, 9.17) is 9.47 Å². The summed E-state index contributed by atoms with van der Waals surface area (Å²) in [5, 5.41) is 6.84. The number of nitrogens with zero attached hydrogens (tertiary/aromatic N) is 2. The molecule has 3 unspecified atom stereocenters. The van der Waals surface area contributed by atoms with E-state index in [1.165, 1.54) is 6.42 Å². The van der Waals surface area contributed by atoms with Crippen molar-refractivity contribution in [1.29, 1.82) is 0 Å². The first kappa shape index (κ1) is 20.2. The van der Waals surface area contributed by atoms with Gasteiger partial charge < -0.3 is 20.1 Å². The zero-order valence-corrected chi connectivity index (χ0v) is 17.4. The molecule has 2 aliphatic rings. The molecule has 2 fully saturated rings. The third kappa shape index (κ3) is 5.70. The van der Waals surface area contributed by atoms with Crippen LogP contribution >= 0.6 is 24.0 Å². The predicted octanol–water partition coefficient (Wildman–Crippen LogP) is 2.86. The number of aliphatic imine (C=N–C) groups is 1. The number of pyridine rings is 1. The zero-order valence-electron chi connectivity index (χ0n) is 15.0. The van der Waals surface area contributed by atoms with Gasteiger partial charge in [0.15, 0.2) is 5.96 Å². The van der Waals surface area contributed by atoms with Gasteiger partial charge in [-0.25, -0.2) is 9.98 Å². The van der Waals surface area contributed by atoms with Crippen LogP contribution in [0.5, 0.6) is 5.88 Å². The van der Waals surface area contributed by atoms with Gasteiger partial charge in [-0.2, -0.15) is 0 Å². The summed E-state index contributed by atoms with van der Waals surface area (Å²) in [6.07, 6.45) is 7.04. The molecular formula is C18H29IN4O2. The SMILES string of the molecule is CCCOc1ccc(CN=C(NCC)NC2CC3CCC2O3)cn1.I. The van der Waals surface area contributed by atoms with Crippen molar-refractivity contribution in [2.75, 3.05) is 13.2 Å². The quantitative estimate of drug-likeness (QED) is 0.372. The summed E-state index contributed by atoms with van der Waals surface area (Å²) in [6.45, 7) is 6.30. The Morgan fingerprint density at radius 3 is 2.84 bits per heavy atom. The first-order chi connectivity index (χ1) is 11.8. The van der Waals surface area contributed by atoms with Crippen molar-refractivity contribution in [2.45, 2.75) is 64.3 Å². The lowest BCUT2D eigenvalue weighted by Gasteiger charge is -2.22. The van der Waals surface area contributed by atoms with Crippen molar-refractivity contribution in [2.24, 2.45) is 4.99 Å². The zero-order chi connectivity index (χ0) is 16.8. The number of aromatic nitrogens is 1. The minimum atomic E-state index is 0. The van der Waals surface area contributed by atoms with E-state index in [0.717, 1.165) is 37.3 Å². The van der Waals surface area contributed by atoms with Gasteiger partial charge >= 0.3 is 0 Å². The molecule has 2 N–H and O–H groups in total. The lowest BCUT2D eigenvalue weighted by molar-refractivity contribution is 0.0992. The van der Waals surface area contributed by atoms with Crippen LogP contribution in [0, 0.1) is 0 Å². The number of hydrogen-bond acceptors (Lipinski definition) is 4. The van der Waals surface area contributed by atoms with Gasteiger partial charge in [0, 0.05) is 18.8 Å². The molecule has 3 heterocycles. The van der Waals surface area contributed by atoms with Crippen molar-refractivity contribution in [3.8, 4) is 5.88 Å². The Balaban J connectivity index is 0.00000225. The van der Waals surface area contributed by atoms with Gasteiger partial charge in [-0.05, 0) is 38.2 Å². The van der Waals surface area contributed by atoms with Gasteiger partial charge in [-0.15, -0.1) is 24.0 Å². The number of rotatable bonds is 7. The molecule has 2 bridgehead atoms. The van der Waals surface area contributed by atoms with E-state index in [2.05, 4.69) is 34.5 Å². The first-order valence-corrected chi connectivity index (χ1v) is 9.06. The second-order valence-electron chi connectivity index (χ2n) is 6.41. The summed E-state index contributed by atoms with van der Waals surface area (Å²) in [4.78, 5) is 9.00. The minimum absolute atomic E-state index is 0. The van der Waals surface area contributed by atoms with Gasteiger partial charge in [-0.3, -0.25) is 0 Å². The number of hydrogen-bond donors (Lipinski definition) is 2. The van der Waals surface area contributed by atoms with Crippen LogP contribution in [0.2, 0.25) is 0 Å². The van der Waals surface area contributed by atoms with Crippen LogP contribution in [-0.2, 0) is 11.3 Å². The number of fused-ring (bicyclic) bond motifs is 2. The number of guanidine groups is 1. The first-order valence-electron chi connectivity index (χ1n) is 9.06. The fourth-order valence-electron chi connectivity index (χ4n) is 3.25. The molecule has 140 valence electrons. The third-order valence-electron chi connectivity index (χ3n) is 4.44. The topological polar surface area (TPSA) is 67.8 Å². The van der Waals surface area contributed by atoms with Gasteiger partial charge in [0.2, 0.25) is 5.88 Å². The molecule has 3 rings (SSSR count). The van der Waals surface area contributed by atoms with Crippen LogP contribution in [0.3, 0.4) is 0 Å². The number of ether oxygens (including phenoxy) is 2. The summed E-state index contributed by atoms with van der Waals surface area (Å²) < 4.78 is 11.4. The van der Waals surface area contributed by atoms with Crippen LogP contribution < -0.4 is 15.4 Å². The molecule has 7 heteroatoms. The summed E-state index contributed by atoms with van der Waals surface area (Å²) in [5.41, 5.74) is 1.07. The van der Waals surface area contributed by atoms with Crippen molar-refractivity contribution < 1.29 is 9.47 Å². The van der Waals surface area contributed by atoms with E-state index in [1.807, 2.05) is 18.3 Å². The Hall–Kier alpha value is -1.09. The lowest BCUT2D eigenvalue weighted by atomic mass is 9.96. The maximum atomic E-state index is 5.90. The van der Waals surface area contributed by atoms with Crippen molar-refractivity contribution in [3.63, 3.8) is 0 Å². The van der Waals surface area contributed by atoms with E-state index in [1.54, 1.807) is 0 Å². The molecule has 0 spiro atoms. The highest BCUT2D eigenvalue weighted by Crippen LogP contribution is 2.34. The normalized spacial score (nSPS) is 24.7. The highest BCUT2D eigenvalue weighted by molar-refractivity contribution is 14.0. The largest absolute Gasteiger partial charge is 0.478 e. The second-order valence-corrected chi connectivity index (χ2v) is 6.41. The van der Waals surface area contributed by atoms with Gasteiger partial charge in [0.25, 0.3) is 0 Å². The molecule has 3 atom stereocenters. The molecule has 1 aromatic heterocycles. The smallest absolute Gasteiger partial charge is 0.213 e. The molecule has 0 aromatic carbocycles. The molecule has 0 aliphatic carbocycles. The van der Waals surface area contributed by atoms with E-state index < -0.39 is 0 Å². The number of nitrogens with one attached hydrogen (secondary N) is 2. The standard InChI is InChI=1S/C18H28N4O2.HI/c1-3-9-23-17-8-5-13(11-20-17)12-21-18(19-4-2)22-15-10-14-6-7-16(15)24-14;/h5,8,11,14-16H,3-4,6-7,9-10,12H2,1-2H3,(H2,19,21,22);1H. The highest BCUT2D eigenvalue weighted by Gasteiger charge is 2.41. The van der Waals surface area contributed by atoms with E-state index in [9.17, 15) is 0 Å². The fraction of sp³-hybridized carbons (Fsp3) is 0.667. The Bertz CT molecular complexity index is 553. The Labute approximate surface area is 167 Å². The Morgan fingerprint density at radius 2 is 2.24 bits per heavy atom. The van der Waals surface area contributed by atoms with E-state index >= 15 is 0 Å². The van der Waals surface area contributed by atoms with Crippen LogP contribution in [0.4, 0.5) is 0 Å². The molecule has 0 saturated carbocycles.